The number of esters is 2. The second-order valence-electron chi connectivity index (χ2n) is 25.0. The minimum absolute atomic E-state index is 0.0779. The second-order valence-corrected chi connectivity index (χ2v) is 25.0. The molecule has 0 saturated carbocycles. The Kier molecular flexibility index (Phi) is 73.8. The quantitative estimate of drug-likeness (QED) is 0.0373. The maximum Gasteiger partial charge on any atom is 0.306 e. The van der Waals surface area contributed by atoms with Crippen molar-refractivity contribution in [3.63, 3.8) is 0 Å². The van der Waals surface area contributed by atoms with E-state index in [0.29, 0.717) is 12.8 Å². The minimum atomic E-state index is -0.792. The van der Waals surface area contributed by atoms with Crippen LogP contribution in [0.2, 0.25) is 0 Å². The summed E-state index contributed by atoms with van der Waals surface area (Å²) >= 11 is 0. The van der Waals surface area contributed by atoms with E-state index in [-0.39, 0.29) is 25.2 Å². The van der Waals surface area contributed by atoms with Crippen LogP contribution < -0.4 is 0 Å². The first kappa shape index (κ1) is 84.0. The third-order valence-corrected chi connectivity index (χ3v) is 16.4. The van der Waals surface area contributed by atoms with E-state index in [1.807, 2.05) is 0 Å². The highest BCUT2D eigenvalue weighted by Crippen LogP contribution is 2.18. The van der Waals surface area contributed by atoms with Gasteiger partial charge in [-0.15, -0.1) is 0 Å². The second kappa shape index (κ2) is 77.3. The van der Waals surface area contributed by atoms with Gasteiger partial charge in [-0.1, -0.05) is 366 Å². The van der Waals surface area contributed by atoms with Gasteiger partial charge in [-0.3, -0.25) is 9.59 Å². The number of hydrogen-bond donors (Lipinski definition) is 1. The molecule has 0 radical (unpaired) electrons. The summed E-state index contributed by atoms with van der Waals surface area (Å²) in [7, 11) is 0. The Morgan fingerprint density at radius 1 is 0.273 bits per heavy atom. The molecule has 0 aliphatic carbocycles. The van der Waals surface area contributed by atoms with Crippen LogP contribution in [-0.2, 0) is 19.1 Å². The smallest absolute Gasteiger partial charge is 0.306 e. The lowest BCUT2D eigenvalue weighted by Crippen LogP contribution is -2.28. The summed E-state index contributed by atoms with van der Waals surface area (Å²) in [4.78, 5) is 24.7. The van der Waals surface area contributed by atoms with Crippen molar-refractivity contribution in [1.82, 2.24) is 0 Å². The monoisotopic (exact) mass is 1220 g/mol. The molecule has 0 rings (SSSR count). The van der Waals surface area contributed by atoms with Gasteiger partial charge < -0.3 is 14.6 Å². The van der Waals surface area contributed by atoms with Gasteiger partial charge in [0.25, 0.3) is 0 Å². The molecule has 0 aromatic heterocycles. The zero-order valence-corrected chi connectivity index (χ0v) is 58.0. The lowest BCUT2D eigenvalue weighted by Gasteiger charge is -2.15. The summed E-state index contributed by atoms with van der Waals surface area (Å²) < 4.78 is 10.8. The standard InChI is InChI=1S/C83H142O5/c1-3-5-7-9-11-13-15-17-19-21-23-25-27-29-31-33-35-37-38-39-40-41-42-43-44-46-47-49-51-53-55-57-59-61-63-65-67-69-71-73-75-77-82(85)87-80-81(79-84)88-83(86)78-76-74-72-70-68-66-64-62-60-58-56-54-52-50-48-45-36-34-32-30-28-26-24-22-20-18-16-14-12-10-8-6-4-2/h6,8,12,14-15,17-18,20-21,23-24,26,30,32,36,45,50,52,56,58,62,64,81,84H,3-5,7,9-11,13,16,19,22,25,27-29,31,33-35,37-44,46-49,51,53-55,57,59-61,63,65-80H2,1-2H3/b8-6-,14-12-,17-15-,20-18-,23-21-,26-24-,32-30-,45-36-,52-50-,58-56-,64-62-. The molecule has 0 bridgehead atoms. The van der Waals surface area contributed by atoms with E-state index in [2.05, 4.69) is 148 Å². The van der Waals surface area contributed by atoms with Gasteiger partial charge in [0.15, 0.2) is 6.10 Å². The highest BCUT2D eigenvalue weighted by atomic mass is 16.6. The molecule has 88 heavy (non-hydrogen) atoms. The predicted octanol–water partition coefficient (Wildman–Crippen LogP) is 26.7. The number of unbranched alkanes of at least 4 members (excludes halogenated alkanes) is 39. The molecule has 0 heterocycles. The van der Waals surface area contributed by atoms with Crippen molar-refractivity contribution in [2.45, 2.75) is 367 Å². The third kappa shape index (κ3) is 74.5. The molecule has 5 heteroatoms. The minimum Gasteiger partial charge on any atom is -0.462 e. The Morgan fingerprint density at radius 3 is 0.739 bits per heavy atom. The fraction of sp³-hybridized carbons (Fsp3) is 0.711. The highest BCUT2D eigenvalue weighted by molar-refractivity contribution is 5.70. The van der Waals surface area contributed by atoms with Gasteiger partial charge in [0.1, 0.15) is 6.61 Å². The number of rotatable bonds is 69. The number of hydrogen-bond acceptors (Lipinski definition) is 5. The average Bonchev–Trinajstić information content (AvgIpc) is 3.56. The number of ether oxygens (including phenoxy) is 2. The zero-order valence-electron chi connectivity index (χ0n) is 58.0. The molecule has 504 valence electrons. The molecular formula is C83H142O5. The molecule has 1 N–H and O–H groups in total. The lowest BCUT2D eigenvalue weighted by atomic mass is 10.0. The van der Waals surface area contributed by atoms with Crippen LogP contribution in [0.25, 0.3) is 0 Å². The molecule has 0 amide bonds. The van der Waals surface area contributed by atoms with E-state index in [9.17, 15) is 14.7 Å². The van der Waals surface area contributed by atoms with Gasteiger partial charge in [-0.25, -0.2) is 0 Å². The third-order valence-electron chi connectivity index (χ3n) is 16.4. The van der Waals surface area contributed by atoms with Gasteiger partial charge in [-0.05, 0) is 116 Å². The number of carbonyl (C=O) groups is 2. The number of aliphatic hydroxyl groups excluding tert-OH is 1. The van der Waals surface area contributed by atoms with E-state index in [1.54, 1.807) is 0 Å². The number of carbonyl (C=O) groups excluding carboxylic acids is 2. The van der Waals surface area contributed by atoms with Crippen molar-refractivity contribution in [2.24, 2.45) is 0 Å². The predicted molar refractivity (Wildman–Crippen MR) is 389 cm³/mol. The maximum atomic E-state index is 12.4. The van der Waals surface area contributed by atoms with Crippen molar-refractivity contribution >= 4 is 11.9 Å². The normalized spacial score (nSPS) is 13.0. The van der Waals surface area contributed by atoms with E-state index in [4.69, 9.17) is 9.47 Å². The Morgan fingerprint density at radius 2 is 0.489 bits per heavy atom. The zero-order chi connectivity index (χ0) is 63.3. The molecule has 0 aliphatic heterocycles. The van der Waals surface area contributed by atoms with Gasteiger partial charge in [0, 0.05) is 12.8 Å². The van der Waals surface area contributed by atoms with Crippen LogP contribution >= 0.6 is 0 Å². The molecule has 1 unspecified atom stereocenters. The SMILES string of the molecule is CC/C=C\C/C=C\C/C=C\C/C=C\C/C=C\C/C=C\C/C=C\C/C=C\C/C=C\CCCCCCCC(=O)OC(CO)COC(=O)CCCCCCCCCCCCCCCCCCCCCCCCCCCCCCC/C=C\C/C=C\CCCCCCC. The largest absolute Gasteiger partial charge is 0.462 e. The first-order valence-electron chi connectivity index (χ1n) is 37.7. The van der Waals surface area contributed by atoms with Gasteiger partial charge in [-0.2, -0.15) is 0 Å². The first-order valence-corrected chi connectivity index (χ1v) is 37.7. The molecule has 0 aromatic rings. The average molecular weight is 1220 g/mol. The van der Waals surface area contributed by atoms with Gasteiger partial charge in [0.05, 0.1) is 6.61 Å². The Labute approximate surface area is 546 Å². The van der Waals surface area contributed by atoms with Crippen LogP contribution in [0.5, 0.6) is 0 Å². The molecule has 0 fully saturated rings. The molecule has 0 spiro atoms. The molecule has 0 aliphatic rings. The Balaban J connectivity index is 3.48. The summed E-state index contributed by atoms with van der Waals surface area (Å²) in [6.07, 6.45) is 115. The summed E-state index contributed by atoms with van der Waals surface area (Å²) in [5.74, 6) is -0.607. The first-order chi connectivity index (χ1) is 43.6. The van der Waals surface area contributed by atoms with Gasteiger partial charge >= 0.3 is 11.9 Å². The summed E-state index contributed by atoms with van der Waals surface area (Å²) in [5, 5.41) is 9.71. The lowest BCUT2D eigenvalue weighted by molar-refractivity contribution is -0.161. The topological polar surface area (TPSA) is 72.8 Å². The van der Waals surface area contributed by atoms with Crippen molar-refractivity contribution in [1.29, 1.82) is 0 Å². The van der Waals surface area contributed by atoms with Crippen LogP contribution in [0.15, 0.2) is 134 Å². The van der Waals surface area contributed by atoms with E-state index < -0.39 is 6.10 Å². The summed E-state index contributed by atoms with van der Waals surface area (Å²) in [5.41, 5.74) is 0. The van der Waals surface area contributed by atoms with Crippen LogP contribution in [0.4, 0.5) is 0 Å². The summed E-state index contributed by atoms with van der Waals surface area (Å²) in [6.45, 7) is 4.03. The van der Waals surface area contributed by atoms with Crippen molar-refractivity contribution in [2.75, 3.05) is 13.2 Å². The summed E-state index contributed by atoms with van der Waals surface area (Å²) in [6, 6.07) is 0. The van der Waals surface area contributed by atoms with Crippen LogP contribution in [0.1, 0.15) is 361 Å². The fourth-order valence-corrected chi connectivity index (χ4v) is 10.8. The molecule has 0 saturated heterocycles. The molecule has 0 aromatic carbocycles. The van der Waals surface area contributed by atoms with Crippen LogP contribution in [-0.4, -0.2) is 36.4 Å². The van der Waals surface area contributed by atoms with Gasteiger partial charge in [0.2, 0.25) is 0 Å². The highest BCUT2D eigenvalue weighted by Gasteiger charge is 2.16. The van der Waals surface area contributed by atoms with Crippen molar-refractivity contribution in [3.05, 3.63) is 134 Å². The number of allylic oxidation sites excluding steroid dienone is 22. The Hall–Kier alpha value is -3.96. The molecule has 1 atom stereocenters. The van der Waals surface area contributed by atoms with Crippen molar-refractivity contribution in [3.8, 4) is 0 Å². The fourth-order valence-electron chi connectivity index (χ4n) is 10.8. The molecule has 5 nitrogen and oxygen atoms in total. The van der Waals surface area contributed by atoms with E-state index in [0.717, 1.165) is 122 Å². The maximum absolute atomic E-state index is 12.4. The van der Waals surface area contributed by atoms with E-state index >= 15 is 0 Å². The number of aliphatic hydroxyl groups is 1. The Bertz CT molecular complexity index is 1770. The molecular weight excluding hydrogens is 1080 g/mol. The van der Waals surface area contributed by atoms with E-state index in [1.165, 1.54) is 212 Å². The van der Waals surface area contributed by atoms with Crippen LogP contribution in [0, 0.1) is 0 Å². The van der Waals surface area contributed by atoms with Crippen molar-refractivity contribution < 1.29 is 24.2 Å². The van der Waals surface area contributed by atoms with Crippen LogP contribution in [0.3, 0.4) is 0 Å².